The first-order valence-electron chi connectivity index (χ1n) is 6.30. The monoisotopic (exact) mass is 194 g/mol. The van der Waals surface area contributed by atoms with Crippen LogP contribution < -0.4 is 0 Å². The Balaban J connectivity index is 1.64. The van der Waals surface area contributed by atoms with Crippen LogP contribution in [-0.2, 0) is 0 Å². The third kappa shape index (κ3) is 1.40. The lowest BCUT2D eigenvalue weighted by atomic mass is 9.93. The summed E-state index contributed by atoms with van der Waals surface area (Å²) in [5.41, 5.74) is 0. The van der Waals surface area contributed by atoms with Gasteiger partial charge in [0, 0.05) is 31.2 Å². The molecule has 80 valence electrons. The van der Waals surface area contributed by atoms with Gasteiger partial charge in [0.15, 0.2) is 0 Å². The number of likely N-dealkylation sites (tertiary alicyclic amines) is 2. The van der Waals surface area contributed by atoms with Crippen LogP contribution in [-0.4, -0.2) is 48.1 Å². The molecule has 1 unspecified atom stereocenters. The van der Waals surface area contributed by atoms with Crippen molar-refractivity contribution in [1.82, 2.24) is 9.80 Å². The van der Waals surface area contributed by atoms with Gasteiger partial charge in [-0.2, -0.15) is 0 Å². The summed E-state index contributed by atoms with van der Waals surface area (Å²) in [7, 11) is 2.29. The van der Waals surface area contributed by atoms with Gasteiger partial charge in [-0.15, -0.1) is 0 Å². The molecule has 1 aliphatic carbocycles. The maximum absolute atomic E-state index is 2.84. The quantitative estimate of drug-likeness (QED) is 0.627. The second-order valence-electron chi connectivity index (χ2n) is 5.47. The lowest BCUT2D eigenvalue weighted by Gasteiger charge is -2.39. The first-order valence-corrected chi connectivity index (χ1v) is 6.30. The van der Waals surface area contributed by atoms with Gasteiger partial charge in [0.05, 0.1) is 0 Å². The summed E-state index contributed by atoms with van der Waals surface area (Å²) in [5, 5.41) is 0. The van der Waals surface area contributed by atoms with Gasteiger partial charge in [0.1, 0.15) is 0 Å². The fourth-order valence-corrected chi connectivity index (χ4v) is 3.76. The Morgan fingerprint density at radius 3 is 2.21 bits per heavy atom. The highest BCUT2D eigenvalue weighted by molar-refractivity contribution is 5.00. The number of likely N-dealkylation sites (N-methyl/N-ethyl adjacent to an activating group) is 1. The fourth-order valence-electron chi connectivity index (χ4n) is 3.76. The van der Waals surface area contributed by atoms with Crippen molar-refractivity contribution in [1.29, 1.82) is 0 Å². The SMILES string of the molecule is CN1CC2C[C@H]1CN2C1CCCCC1. The summed E-state index contributed by atoms with van der Waals surface area (Å²) in [6.45, 7) is 2.70. The zero-order valence-corrected chi connectivity index (χ0v) is 9.28. The fraction of sp³-hybridized carbons (Fsp3) is 1.00. The van der Waals surface area contributed by atoms with Crippen LogP contribution in [0, 0.1) is 0 Å². The molecule has 2 aliphatic heterocycles. The molecule has 14 heavy (non-hydrogen) atoms. The van der Waals surface area contributed by atoms with E-state index in [9.17, 15) is 0 Å². The van der Waals surface area contributed by atoms with Crippen molar-refractivity contribution in [2.24, 2.45) is 0 Å². The Bertz CT molecular complexity index is 208. The van der Waals surface area contributed by atoms with E-state index >= 15 is 0 Å². The minimum Gasteiger partial charge on any atom is -0.301 e. The van der Waals surface area contributed by atoms with Gasteiger partial charge in [-0.05, 0) is 26.3 Å². The van der Waals surface area contributed by atoms with Gasteiger partial charge in [0.2, 0.25) is 0 Å². The molecule has 2 atom stereocenters. The molecule has 3 rings (SSSR count). The summed E-state index contributed by atoms with van der Waals surface area (Å²) < 4.78 is 0. The smallest absolute Gasteiger partial charge is 0.0242 e. The first kappa shape index (κ1) is 9.17. The molecule has 3 aliphatic rings. The molecule has 2 nitrogen and oxygen atoms in total. The molecule has 0 radical (unpaired) electrons. The molecular weight excluding hydrogens is 172 g/mol. The predicted octanol–water partition coefficient (Wildman–Crippen LogP) is 1.71. The lowest BCUT2D eigenvalue weighted by Crippen LogP contribution is -2.49. The standard InChI is InChI=1S/C12H22N2/c1-13-8-12-7-11(13)9-14(12)10-5-3-2-4-6-10/h10-12H,2-9H2,1H3/t11-,12?/m0/s1. The van der Waals surface area contributed by atoms with Crippen molar-refractivity contribution in [3.8, 4) is 0 Å². The zero-order valence-electron chi connectivity index (χ0n) is 9.28. The molecule has 3 fully saturated rings. The molecular formula is C12H22N2. The number of hydrogen-bond acceptors (Lipinski definition) is 2. The molecule has 0 aromatic carbocycles. The van der Waals surface area contributed by atoms with E-state index in [4.69, 9.17) is 0 Å². The summed E-state index contributed by atoms with van der Waals surface area (Å²) >= 11 is 0. The van der Waals surface area contributed by atoms with E-state index in [0.29, 0.717) is 0 Å². The molecule has 0 aromatic rings. The van der Waals surface area contributed by atoms with Gasteiger partial charge in [-0.1, -0.05) is 19.3 Å². The average Bonchev–Trinajstić information content (AvgIpc) is 2.77. The highest BCUT2D eigenvalue weighted by Crippen LogP contribution is 2.34. The number of piperazine rings is 1. The van der Waals surface area contributed by atoms with Crippen molar-refractivity contribution < 1.29 is 0 Å². The summed E-state index contributed by atoms with van der Waals surface area (Å²) in [5.74, 6) is 0. The molecule has 0 spiro atoms. The maximum Gasteiger partial charge on any atom is 0.0242 e. The van der Waals surface area contributed by atoms with Gasteiger partial charge < -0.3 is 4.90 Å². The summed E-state index contributed by atoms with van der Waals surface area (Å²) in [4.78, 5) is 5.40. The Morgan fingerprint density at radius 1 is 0.857 bits per heavy atom. The second kappa shape index (κ2) is 3.49. The van der Waals surface area contributed by atoms with E-state index in [0.717, 1.165) is 18.1 Å². The molecule has 0 amide bonds. The van der Waals surface area contributed by atoms with Crippen molar-refractivity contribution in [3.63, 3.8) is 0 Å². The molecule has 0 N–H and O–H groups in total. The number of nitrogens with zero attached hydrogens (tertiary/aromatic N) is 2. The molecule has 2 bridgehead atoms. The van der Waals surface area contributed by atoms with Crippen LogP contribution in [0.1, 0.15) is 38.5 Å². The molecule has 1 saturated carbocycles. The Morgan fingerprint density at radius 2 is 1.64 bits per heavy atom. The van der Waals surface area contributed by atoms with Gasteiger partial charge in [0.25, 0.3) is 0 Å². The van der Waals surface area contributed by atoms with Crippen molar-refractivity contribution >= 4 is 0 Å². The highest BCUT2D eigenvalue weighted by Gasteiger charge is 2.43. The van der Waals surface area contributed by atoms with Crippen LogP contribution in [0.5, 0.6) is 0 Å². The number of hydrogen-bond donors (Lipinski definition) is 0. The van der Waals surface area contributed by atoms with Crippen LogP contribution in [0.2, 0.25) is 0 Å². The molecule has 0 aromatic heterocycles. The summed E-state index contributed by atoms with van der Waals surface area (Å²) in [6, 6.07) is 2.75. The summed E-state index contributed by atoms with van der Waals surface area (Å²) in [6.07, 6.45) is 8.86. The van der Waals surface area contributed by atoms with E-state index in [-0.39, 0.29) is 0 Å². The van der Waals surface area contributed by atoms with E-state index in [1.54, 1.807) is 0 Å². The van der Waals surface area contributed by atoms with Crippen LogP contribution >= 0.6 is 0 Å². The highest BCUT2D eigenvalue weighted by atomic mass is 15.3. The van der Waals surface area contributed by atoms with E-state index < -0.39 is 0 Å². The van der Waals surface area contributed by atoms with Crippen molar-refractivity contribution in [2.45, 2.75) is 56.7 Å². The third-order valence-corrected chi connectivity index (χ3v) is 4.60. The number of fused-ring (bicyclic) bond motifs is 2. The van der Waals surface area contributed by atoms with Gasteiger partial charge in [-0.25, -0.2) is 0 Å². The topological polar surface area (TPSA) is 6.48 Å². The zero-order chi connectivity index (χ0) is 9.54. The Kier molecular flexibility index (Phi) is 2.29. The van der Waals surface area contributed by atoms with E-state index in [1.807, 2.05) is 0 Å². The van der Waals surface area contributed by atoms with E-state index in [1.165, 1.54) is 51.6 Å². The van der Waals surface area contributed by atoms with Crippen LogP contribution in [0.3, 0.4) is 0 Å². The van der Waals surface area contributed by atoms with Gasteiger partial charge in [-0.3, -0.25) is 4.90 Å². The lowest BCUT2D eigenvalue weighted by molar-refractivity contribution is 0.0861. The minimum atomic E-state index is 0.891. The molecule has 2 saturated heterocycles. The number of rotatable bonds is 1. The van der Waals surface area contributed by atoms with Gasteiger partial charge >= 0.3 is 0 Å². The second-order valence-corrected chi connectivity index (χ2v) is 5.47. The largest absolute Gasteiger partial charge is 0.301 e. The van der Waals surface area contributed by atoms with Crippen LogP contribution in [0.15, 0.2) is 0 Å². The Hall–Kier alpha value is -0.0800. The minimum absolute atomic E-state index is 0.891. The molecule has 2 heteroatoms. The average molecular weight is 194 g/mol. The van der Waals surface area contributed by atoms with Crippen LogP contribution in [0.4, 0.5) is 0 Å². The Labute approximate surface area is 87.3 Å². The predicted molar refractivity (Wildman–Crippen MR) is 58.4 cm³/mol. The molecule has 2 heterocycles. The normalized spacial score (nSPS) is 40.9. The maximum atomic E-state index is 2.84. The van der Waals surface area contributed by atoms with Crippen LogP contribution in [0.25, 0.3) is 0 Å². The van der Waals surface area contributed by atoms with Crippen molar-refractivity contribution in [2.75, 3.05) is 20.1 Å². The van der Waals surface area contributed by atoms with Crippen molar-refractivity contribution in [3.05, 3.63) is 0 Å². The first-order chi connectivity index (χ1) is 6.84. The third-order valence-electron chi connectivity index (χ3n) is 4.60. The van der Waals surface area contributed by atoms with E-state index in [2.05, 4.69) is 16.8 Å².